The summed E-state index contributed by atoms with van der Waals surface area (Å²) < 4.78 is 5.10. The summed E-state index contributed by atoms with van der Waals surface area (Å²) in [4.78, 5) is 11.0. The van der Waals surface area contributed by atoms with Crippen molar-refractivity contribution in [2.24, 2.45) is 0 Å². The van der Waals surface area contributed by atoms with Crippen LogP contribution in [-0.4, -0.2) is 23.6 Å². The standard InChI is InChI=1S/C10H9Cl3O3/c11-3-4-16-9(10(14)15)6-1-2-7(12)8(13)5-6/h1-2,5,9H,3-4H2,(H,14,15). The molecule has 0 saturated heterocycles. The molecule has 1 N–H and O–H groups in total. The van der Waals surface area contributed by atoms with Gasteiger partial charge in [0.15, 0.2) is 6.10 Å². The Morgan fingerprint density at radius 2 is 2.06 bits per heavy atom. The summed E-state index contributed by atoms with van der Waals surface area (Å²) >= 11 is 16.9. The van der Waals surface area contributed by atoms with Gasteiger partial charge in [0.2, 0.25) is 0 Å². The molecule has 1 rings (SSSR count). The third-order valence-electron chi connectivity index (χ3n) is 1.83. The van der Waals surface area contributed by atoms with Crippen LogP contribution in [-0.2, 0) is 9.53 Å². The molecule has 6 heteroatoms. The zero-order valence-corrected chi connectivity index (χ0v) is 10.4. The summed E-state index contributed by atoms with van der Waals surface area (Å²) in [5, 5.41) is 9.63. The van der Waals surface area contributed by atoms with Gasteiger partial charge in [-0.1, -0.05) is 29.3 Å². The third kappa shape index (κ3) is 3.52. The molecule has 1 unspecified atom stereocenters. The van der Waals surface area contributed by atoms with Gasteiger partial charge < -0.3 is 9.84 Å². The molecule has 1 aromatic carbocycles. The lowest BCUT2D eigenvalue weighted by atomic mass is 10.1. The lowest BCUT2D eigenvalue weighted by Crippen LogP contribution is -2.16. The second kappa shape index (κ2) is 6.30. The number of halogens is 3. The zero-order valence-electron chi connectivity index (χ0n) is 8.12. The van der Waals surface area contributed by atoms with Crippen LogP contribution < -0.4 is 0 Å². The first-order valence-corrected chi connectivity index (χ1v) is 5.70. The minimum atomic E-state index is -1.09. The molecule has 0 aliphatic heterocycles. The van der Waals surface area contributed by atoms with E-state index in [9.17, 15) is 4.79 Å². The van der Waals surface area contributed by atoms with Gasteiger partial charge in [0.1, 0.15) is 0 Å². The van der Waals surface area contributed by atoms with E-state index in [0.717, 1.165) is 0 Å². The van der Waals surface area contributed by atoms with Gasteiger partial charge in [-0.25, -0.2) is 4.79 Å². The fourth-order valence-electron chi connectivity index (χ4n) is 1.15. The maximum Gasteiger partial charge on any atom is 0.337 e. The molecule has 0 fully saturated rings. The Morgan fingerprint density at radius 3 is 2.56 bits per heavy atom. The van der Waals surface area contributed by atoms with Gasteiger partial charge >= 0.3 is 5.97 Å². The first kappa shape index (κ1) is 13.6. The highest BCUT2D eigenvalue weighted by Gasteiger charge is 2.20. The summed E-state index contributed by atoms with van der Waals surface area (Å²) in [7, 11) is 0. The average molecular weight is 284 g/mol. The highest BCUT2D eigenvalue weighted by molar-refractivity contribution is 6.42. The second-order valence-corrected chi connectivity index (χ2v) is 4.14. The highest BCUT2D eigenvalue weighted by Crippen LogP contribution is 2.27. The molecule has 0 amide bonds. The van der Waals surface area contributed by atoms with Gasteiger partial charge in [-0.15, -0.1) is 11.6 Å². The largest absolute Gasteiger partial charge is 0.479 e. The molecule has 3 nitrogen and oxygen atoms in total. The van der Waals surface area contributed by atoms with Crippen molar-refractivity contribution in [3.63, 3.8) is 0 Å². The molecule has 0 radical (unpaired) electrons. The number of hydrogen-bond acceptors (Lipinski definition) is 2. The van der Waals surface area contributed by atoms with Crippen LogP contribution in [0, 0.1) is 0 Å². The first-order valence-electron chi connectivity index (χ1n) is 4.41. The van der Waals surface area contributed by atoms with E-state index in [1.165, 1.54) is 12.1 Å². The number of carbonyl (C=O) groups is 1. The topological polar surface area (TPSA) is 46.5 Å². The summed E-state index contributed by atoms with van der Waals surface area (Å²) in [6.07, 6.45) is -1.08. The van der Waals surface area contributed by atoms with E-state index in [1.807, 2.05) is 0 Å². The zero-order chi connectivity index (χ0) is 12.1. The lowest BCUT2D eigenvalue weighted by Gasteiger charge is -2.13. The fourth-order valence-corrected chi connectivity index (χ4v) is 1.54. The monoisotopic (exact) mass is 282 g/mol. The van der Waals surface area contributed by atoms with Gasteiger partial charge in [0, 0.05) is 5.88 Å². The summed E-state index contributed by atoms with van der Waals surface area (Å²) in [5.41, 5.74) is 0.437. The van der Waals surface area contributed by atoms with Crippen LogP contribution in [0.5, 0.6) is 0 Å². The number of alkyl halides is 1. The van der Waals surface area contributed by atoms with Crippen LogP contribution in [0.15, 0.2) is 18.2 Å². The molecule has 0 heterocycles. The average Bonchev–Trinajstić information content (AvgIpc) is 2.23. The number of aliphatic carboxylic acids is 1. The van der Waals surface area contributed by atoms with Gasteiger partial charge in [-0.3, -0.25) is 0 Å². The first-order chi connectivity index (χ1) is 7.56. The quantitative estimate of drug-likeness (QED) is 0.843. The van der Waals surface area contributed by atoms with E-state index in [2.05, 4.69) is 0 Å². The van der Waals surface area contributed by atoms with Crippen molar-refractivity contribution < 1.29 is 14.6 Å². The number of benzene rings is 1. The number of carboxylic acids is 1. The maximum atomic E-state index is 11.0. The van der Waals surface area contributed by atoms with E-state index >= 15 is 0 Å². The van der Waals surface area contributed by atoms with E-state index < -0.39 is 12.1 Å². The maximum absolute atomic E-state index is 11.0. The highest BCUT2D eigenvalue weighted by atomic mass is 35.5. The van der Waals surface area contributed by atoms with Crippen LogP contribution in [0.25, 0.3) is 0 Å². The predicted octanol–water partition coefficient (Wildman–Crippen LogP) is 3.37. The smallest absolute Gasteiger partial charge is 0.337 e. The van der Waals surface area contributed by atoms with E-state index in [0.29, 0.717) is 15.6 Å². The Morgan fingerprint density at radius 1 is 1.38 bits per heavy atom. The lowest BCUT2D eigenvalue weighted by molar-refractivity contribution is -0.150. The number of rotatable bonds is 5. The minimum Gasteiger partial charge on any atom is -0.479 e. The molecule has 0 aromatic heterocycles. The Labute approximate surface area is 108 Å². The van der Waals surface area contributed by atoms with Crippen LogP contribution in [0.4, 0.5) is 0 Å². The predicted molar refractivity (Wildman–Crippen MR) is 63.5 cm³/mol. The SMILES string of the molecule is O=C(O)C(OCCCl)c1ccc(Cl)c(Cl)c1. The van der Waals surface area contributed by atoms with E-state index in [4.69, 9.17) is 44.6 Å². The summed E-state index contributed by atoms with van der Waals surface area (Å²) in [5.74, 6) is -0.867. The molecule has 0 saturated carbocycles. The van der Waals surface area contributed by atoms with E-state index in [-0.39, 0.29) is 12.5 Å². The Kier molecular flexibility index (Phi) is 5.35. The van der Waals surface area contributed by atoms with Crippen molar-refractivity contribution in [2.75, 3.05) is 12.5 Å². The van der Waals surface area contributed by atoms with Crippen molar-refractivity contribution >= 4 is 40.8 Å². The van der Waals surface area contributed by atoms with Crippen LogP contribution >= 0.6 is 34.8 Å². The molecule has 0 spiro atoms. The molecule has 0 aliphatic carbocycles. The van der Waals surface area contributed by atoms with Crippen molar-refractivity contribution in [1.82, 2.24) is 0 Å². The van der Waals surface area contributed by atoms with Crippen LogP contribution in [0.3, 0.4) is 0 Å². The molecule has 1 atom stereocenters. The molecule has 1 aromatic rings. The van der Waals surface area contributed by atoms with Crippen molar-refractivity contribution in [1.29, 1.82) is 0 Å². The molecule has 0 bridgehead atoms. The summed E-state index contributed by atoms with van der Waals surface area (Å²) in [6.45, 7) is 0.152. The minimum absolute atomic E-state index is 0.152. The fraction of sp³-hybridized carbons (Fsp3) is 0.300. The van der Waals surface area contributed by atoms with Gasteiger partial charge in [0.05, 0.1) is 16.7 Å². The van der Waals surface area contributed by atoms with Crippen LogP contribution in [0.2, 0.25) is 10.0 Å². The number of ether oxygens (including phenoxy) is 1. The van der Waals surface area contributed by atoms with Crippen molar-refractivity contribution in [3.8, 4) is 0 Å². The van der Waals surface area contributed by atoms with Gasteiger partial charge in [0.25, 0.3) is 0 Å². The molecule has 16 heavy (non-hydrogen) atoms. The molecular weight excluding hydrogens is 274 g/mol. The van der Waals surface area contributed by atoms with Crippen molar-refractivity contribution in [2.45, 2.75) is 6.10 Å². The Balaban J connectivity index is 2.92. The third-order valence-corrected chi connectivity index (χ3v) is 2.73. The number of carboxylic acid groups (broad SMARTS) is 1. The van der Waals surface area contributed by atoms with Gasteiger partial charge in [-0.05, 0) is 17.7 Å². The Bertz CT molecular complexity index is 382. The molecule has 0 aliphatic rings. The van der Waals surface area contributed by atoms with Crippen molar-refractivity contribution in [3.05, 3.63) is 33.8 Å². The second-order valence-electron chi connectivity index (χ2n) is 2.95. The van der Waals surface area contributed by atoms with Crippen LogP contribution in [0.1, 0.15) is 11.7 Å². The summed E-state index contributed by atoms with van der Waals surface area (Å²) in [6, 6.07) is 4.55. The van der Waals surface area contributed by atoms with Gasteiger partial charge in [-0.2, -0.15) is 0 Å². The number of hydrogen-bond donors (Lipinski definition) is 1. The van der Waals surface area contributed by atoms with E-state index in [1.54, 1.807) is 6.07 Å². The molecular formula is C10H9Cl3O3. The molecule has 88 valence electrons. The Hall–Kier alpha value is -0.480. The normalized spacial score (nSPS) is 12.4.